The Kier molecular flexibility index (Phi) is 6.00. The van der Waals surface area contributed by atoms with Crippen LogP contribution in [0.1, 0.15) is 13.8 Å². The summed E-state index contributed by atoms with van der Waals surface area (Å²) in [5.74, 6) is 0. The third kappa shape index (κ3) is 4.33. The fraction of sp³-hybridized carbons (Fsp3) is 0.571. The van der Waals surface area contributed by atoms with E-state index in [1.807, 2.05) is 7.05 Å². The van der Waals surface area contributed by atoms with Gasteiger partial charge < -0.3 is 16.0 Å². The van der Waals surface area contributed by atoms with Gasteiger partial charge in [-0.05, 0) is 33.0 Å². The van der Waals surface area contributed by atoms with Crippen LogP contribution in [0.3, 0.4) is 0 Å². The van der Waals surface area contributed by atoms with Gasteiger partial charge in [0.25, 0.3) is 0 Å². The van der Waals surface area contributed by atoms with Crippen molar-refractivity contribution in [2.45, 2.75) is 24.8 Å². The zero-order valence-electron chi connectivity index (χ0n) is 13.4. The van der Waals surface area contributed by atoms with Crippen molar-refractivity contribution >= 4 is 21.4 Å². The van der Waals surface area contributed by atoms with E-state index in [0.29, 0.717) is 18.3 Å². The lowest BCUT2D eigenvalue weighted by molar-refractivity contribution is 0.284. The van der Waals surface area contributed by atoms with Crippen molar-refractivity contribution in [3.05, 3.63) is 18.2 Å². The van der Waals surface area contributed by atoms with E-state index in [9.17, 15) is 8.42 Å². The van der Waals surface area contributed by atoms with Crippen LogP contribution in [-0.4, -0.2) is 57.9 Å². The highest BCUT2D eigenvalue weighted by Crippen LogP contribution is 2.27. The molecule has 0 heterocycles. The molecule has 3 N–H and O–H groups in total. The van der Waals surface area contributed by atoms with E-state index in [2.05, 4.69) is 24.1 Å². The van der Waals surface area contributed by atoms with Gasteiger partial charge in [-0.2, -0.15) is 0 Å². The summed E-state index contributed by atoms with van der Waals surface area (Å²) in [5, 5.41) is 3.20. The second-order valence-corrected chi connectivity index (χ2v) is 7.63. The van der Waals surface area contributed by atoms with Crippen LogP contribution < -0.4 is 11.1 Å². The van der Waals surface area contributed by atoms with Crippen molar-refractivity contribution in [2.24, 2.45) is 0 Å². The molecule has 120 valence electrons. The highest BCUT2D eigenvalue weighted by atomic mass is 32.2. The number of nitrogens with one attached hydrogen (secondary N) is 1. The molecule has 0 atom stereocenters. The summed E-state index contributed by atoms with van der Waals surface area (Å²) in [6, 6.07) is 5.47. The van der Waals surface area contributed by atoms with Gasteiger partial charge >= 0.3 is 0 Å². The highest BCUT2D eigenvalue weighted by molar-refractivity contribution is 7.89. The van der Waals surface area contributed by atoms with Gasteiger partial charge in [0, 0.05) is 33.2 Å². The maximum Gasteiger partial charge on any atom is 0.244 e. The number of nitrogens with zero attached hydrogens (tertiary/aromatic N) is 2. The van der Waals surface area contributed by atoms with Crippen molar-refractivity contribution in [3.8, 4) is 0 Å². The maximum atomic E-state index is 12.2. The summed E-state index contributed by atoms with van der Waals surface area (Å²) in [4.78, 5) is 2.33. The number of likely N-dealkylation sites (N-methyl/N-ethyl adjacent to an activating group) is 1. The van der Waals surface area contributed by atoms with Crippen molar-refractivity contribution in [2.75, 3.05) is 45.3 Å². The van der Waals surface area contributed by atoms with E-state index in [1.165, 1.54) is 20.2 Å². The second-order valence-electron chi connectivity index (χ2n) is 5.51. The largest absolute Gasteiger partial charge is 0.396 e. The van der Waals surface area contributed by atoms with Crippen molar-refractivity contribution in [1.29, 1.82) is 0 Å². The third-order valence-electron chi connectivity index (χ3n) is 3.49. The van der Waals surface area contributed by atoms with Crippen LogP contribution >= 0.6 is 0 Å². The Morgan fingerprint density at radius 3 is 2.38 bits per heavy atom. The number of nitrogen functional groups attached to an aromatic ring is 1. The van der Waals surface area contributed by atoms with Crippen molar-refractivity contribution < 1.29 is 8.42 Å². The molecule has 0 bridgehead atoms. The number of para-hydroxylation sites is 1. The van der Waals surface area contributed by atoms with Crippen LogP contribution in [0, 0.1) is 0 Å². The number of hydrogen-bond donors (Lipinski definition) is 2. The first-order valence-electron chi connectivity index (χ1n) is 6.93. The molecule has 1 aromatic rings. The number of benzene rings is 1. The summed E-state index contributed by atoms with van der Waals surface area (Å²) >= 11 is 0. The van der Waals surface area contributed by atoms with Gasteiger partial charge in [0.05, 0.1) is 11.4 Å². The lowest BCUT2D eigenvalue weighted by Gasteiger charge is -2.22. The number of rotatable bonds is 7. The summed E-state index contributed by atoms with van der Waals surface area (Å²) in [6.07, 6.45) is 0. The van der Waals surface area contributed by atoms with Crippen molar-refractivity contribution in [3.63, 3.8) is 0 Å². The average molecular weight is 314 g/mol. The lowest BCUT2D eigenvalue weighted by atomic mass is 10.2. The summed E-state index contributed by atoms with van der Waals surface area (Å²) in [6.45, 7) is 5.80. The molecule has 0 aromatic heterocycles. The van der Waals surface area contributed by atoms with E-state index in [1.54, 1.807) is 12.1 Å². The van der Waals surface area contributed by atoms with Crippen LogP contribution in [0.2, 0.25) is 0 Å². The molecule has 0 saturated heterocycles. The van der Waals surface area contributed by atoms with E-state index >= 15 is 0 Å². The van der Waals surface area contributed by atoms with Crippen LogP contribution in [0.25, 0.3) is 0 Å². The molecule has 0 spiro atoms. The van der Waals surface area contributed by atoms with Crippen LogP contribution in [0.5, 0.6) is 0 Å². The number of hydrogen-bond acceptors (Lipinski definition) is 5. The predicted octanol–water partition coefficient (Wildman–Crippen LogP) is 1.27. The lowest BCUT2D eigenvalue weighted by Crippen LogP contribution is -2.31. The van der Waals surface area contributed by atoms with Crippen LogP contribution in [0.15, 0.2) is 23.1 Å². The van der Waals surface area contributed by atoms with Gasteiger partial charge in [0.1, 0.15) is 4.90 Å². The minimum Gasteiger partial charge on any atom is -0.396 e. The first kappa shape index (κ1) is 17.7. The molecular weight excluding hydrogens is 288 g/mol. The molecule has 1 aromatic carbocycles. The normalized spacial score (nSPS) is 12.4. The van der Waals surface area contributed by atoms with Gasteiger partial charge in [-0.1, -0.05) is 6.07 Å². The summed E-state index contributed by atoms with van der Waals surface area (Å²) in [5.41, 5.74) is 6.91. The fourth-order valence-corrected chi connectivity index (χ4v) is 2.78. The molecule has 0 amide bonds. The standard InChI is InChI=1S/C14H26N4O2S/c1-11(2)18(5)10-9-16-12-7-6-8-13(14(12)15)21(19,20)17(3)4/h6-8,11,16H,9-10,15H2,1-5H3. The monoisotopic (exact) mass is 314 g/mol. The van der Waals surface area contributed by atoms with Gasteiger partial charge in [-0.25, -0.2) is 12.7 Å². The average Bonchev–Trinajstić information content (AvgIpc) is 2.39. The Bertz CT molecular complexity index is 570. The molecule has 6 nitrogen and oxygen atoms in total. The molecule has 0 fully saturated rings. The number of anilines is 2. The Morgan fingerprint density at radius 1 is 1.24 bits per heavy atom. The summed E-state index contributed by atoms with van der Waals surface area (Å²) < 4.78 is 25.5. The topological polar surface area (TPSA) is 78.7 Å². The minimum atomic E-state index is -3.53. The zero-order chi connectivity index (χ0) is 16.2. The molecule has 21 heavy (non-hydrogen) atoms. The SMILES string of the molecule is CC(C)N(C)CCNc1cccc(S(=O)(=O)N(C)C)c1N. The first-order valence-corrected chi connectivity index (χ1v) is 8.37. The third-order valence-corrected chi connectivity index (χ3v) is 5.36. The van der Waals surface area contributed by atoms with Gasteiger partial charge in [0.2, 0.25) is 10.0 Å². The van der Waals surface area contributed by atoms with Crippen molar-refractivity contribution in [1.82, 2.24) is 9.21 Å². The molecule has 0 aliphatic rings. The Morgan fingerprint density at radius 2 is 1.86 bits per heavy atom. The molecule has 0 aliphatic heterocycles. The van der Waals surface area contributed by atoms with Gasteiger partial charge in [-0.3, -0.25) is 0 Å². The van der Waals surface area contributed by atoms with E-state index in [4.69, 9.17) is 5.73 Å². The second kappa shape index (κ2) is 7.11. The van der Waals surface area contributed by atoms with Crippen LogP contribution in [0.4, 0.5) is 11.4 Å². The zero-order valence-corrected chi connectivity index (χ0v) is 14.2. The minimum absolute atomic E-state index is 0.134. The molecule has 1 rings (SSSR count). The molecule has 0 aliphatic carbocycles. The first-order chi connectivity index (χ1) is 9.67. The Hall–Kier alpha value is -1.31. The van der Waals surface area contributed by atoms with E-state index < -0.39 is 10.0 Å². The molecular formula is C14H26N4O2S. The smallest absolute Gasteiger partial charge is 0.244 e. The Balaban J connectivity index is 2.87. The molecule has 0 saturated carbocycles. The highest BCUT2D eigenvalue weighted by Gasteiger charge is 2.21. The number of sulfonamides is 1. The fourth-order valence-electron chi connectivity index (χ4n) is 1.74. The van der Waals surface area contributed by atoms with E-state index in [0.717, 1.165) is 10.8 Å². The van der Waals surface area contributed by atoms with Gasteiger partial charge in [0.15, 0.2) is 0 Å². The predicted molar refractivity (Wildman–Crippen MR) is 88.0 cm³/mol. The molecule has 7 heteroatoms. The molecule has 0 unspecified atom stereocenters. The maximum absolute atomic E-state index is 12.2. The quantitative estimate of drug-likeness (QED) is 0.741. The van der Waals surface area contributed by atoms with E-state index in [-0.39, 0.29) is 10.6 Å². The molecule has 0 radical (unpaired) electrons. The van der Waals surface area contributed by atoms with Crippen LogP contribution in [-0.2, 0) is 10.0 Å². The Labute approximate surface area is 128 Å². The van der Waals surface area contributed by atoms with Gasteiger partial charge in [-0.15, -0.1) is 0 Å². The number of nitrogens with two attached hydrogens (primary N) is 1. The summed E-state index contributed by atoms with van der Waals surface area (Å²) in [7, 11) is 1.50.